The van der Waals surface area contributed by atoms with Crippen LogP contribution in [0.4, 0.5) is 10.5 Å². The summed E-state index contributed by atoms with van der Waals surface area (Å²) in [6.07, 6.45) is 0.825. The Kier molecular flexibility index (Phi) is 5.23. The highest BCUT2D eigenvalue weighted by Gasteiger charge is 2.12. The number of benzene rings is 2. The molecule has 0 radical (unpaired) electrons. The molecule has 0 saturated heterocycles. The molecule has 2 aromatic carbocycles. The van der Waals surface area contributed by atoms with E-state index in [-0.39, 0.29) is 12.1 Å². The fraction of sp³-hybridized carbons (Fsp3) is 0.235. The fourth-order valence-electron chi connectivity index (χ4n) is 2.11. The van der Waals surface area contributed by atoms with Crippen LogP contribution >= 0.6 is 11.6 Å². The lowest BCUT2D eigenvalue weighted by atomic mass is 10.0. The summed E-state index contributed by atoms with van der Waals surface area (Å²) in [4.78, 5) is 12.1. The second-order valence-electron chi connectivity index (χ2n) is 4.98. The van der Waals surface area contributed by atoms with Gasteiger partial charge in [0.05, 0.1) is 6.04 Å². The summed E-state index contributed by atoms with van der Waals surface area (Å²) in [5.74, 6) is 0. The van der Waals surface area contributed by atoms with Crippen molar-refractivity contribution in [2.24, 2.45) is 0 Å². The molecule has 0 aliphatic carbocycles. The number of nitrogens with one attached hydrogen (secondary N) is 2. The van der Waals surface area contributed by atoms with E-state index in [4.69, 9.17) is 11.6 Å². The Labute approximate surface area is 130 Å². The van der Waals surface area contributed by atoms with Crippen LogP contribution in [0.2, 0.25) is 5.02 Å². The second-order valence-corrected chi connectivity index (χ2v) is 5.42. The molecule has 0 fully saturated rings. The minimum Gasteiger partial charge on any atom is -0.331 e. The molecule has 0 spiro atoms. The van der Waals surface area contributed by atoms with E-state index in [9.17, 15) is 4.79 Å². The van der Waals surface area contributed by atoms with E-state index in [1.54, 1.807) is 24.3 Å². The monoisotopic (exact) mass is 302 g/mol. The maximum atomic E-state index is 12.1. The van der Waals surface area contributed by atoms with Gasteiger partial charge in [0.25, 0.3) is 0 Å². The number of rotatable bonds is 4. The van der Waals surface area contributed by atoms with Crippen molar-refractivity contribution in [2.75, 3.05) is 5.32 Å². The zero-order valence-electron chi connectivity index (χ0n) is 12.2. The number of hydrogen-bond acceptors (Lipinski definition) is 1. The fourth-order valence-corrected chi connectivity index (χ4v) is 2.30. The molecule has 2 aromatic rings. The molecule has 0 aromatic heterocycles. The molecule has 3 nitrogen and oxygen atoms in total. The standard InChI is InChI=1S/C17H19ClN2O/c1-3-16(13-9-7-12(2)8-10-13)20-17(21)19-15-6-4-5-14(18)11-15/h4-11,16H,3H2,1-2H3,(H2,19,20,21)/t16-/m0/s1. The van der Waals surface area contributed by atoms with Gasteiger partial charge < -0.3 is 10.6 Å². The van der Waals surface area contributed by atoms with Crippen LogP contribution in [0, 0.1) is 6.92 Å². The smallest absolute Gasteiger partial charge is 0.319 e. The molecule has 0 unspecified atom stereocenters. The quantitative estimate of drug-likeness (QED) is 0.827. The van der Waals surface area contributed by atoms with E-state index in [1.165, 1.54) is 5.56 Å². The third-order valence-corrected chi connectivity index (χ3v) is 3.51. The maximum absolute atomic E-state index is 12.1. The average Bonchev–Trinajstić information content (AvgIpc) is 2.46. The molecule has 0 aliphatic rings. The van der Waals surface area contributed by atoms with Gasteiger partial charge in [0.15, 0.2) is 0 Å². The van der Waals surface area contributed by atoms with Crippen molar-refractivity contribution in [1.29, 1.82) is 0 Å². The summed E-state index contributed by atoms with van der Waals surface area (Å²) in [7, 11) is 0. The summed E-state index contributed by atoms with van der Waals surface area (Å²) in [5.41, 5.74) is 2.99. The highest BCUT2D eigenvalue weighted by Crippen LogP contribution is 2.18. The summed E-state index contributed by atoms with van der Waals surface area (Å²) in [6.45, 7) is 4.09. The molecule has 2 N–H and O–H groups in total. The van der Waals surface area contributed by atoms with Gasteiger partial charge in [0, 0.05) is 10.7 Å². The van der Waals surface area contributed by atoms with Crippen molar-refractivity contribution in [3.8, 4) is 0 Å². The van der Waals surface area contributed by atoms with Gasteiger partial charge in [-0.2, -0.15) is 0 Å². The lowest BCUT2D eigenvalue weighted by Gasteiger charge is -2.18. The minimum absolute atomic E-state index is 0.00946. The van der Waals surface area contributed by atoms with Gasteiger partial charge >= 0.3 is 6.03 Å². The zero-order valence-corrected chi connectivity index (χ0v) is 12.9. The summed E-state index contributed by atoms with van der Waals surface area (Å²) >= 11 is 5.90. The summed E-state index contributed by atoms with van der Waals surface area (Å²) in [5, 5.41) is 6.37. The summed E-state index contributed by atoms with van der Waals surface area (Å²) < 4.78 is 0. The lowest BCUT2D eigenvalue weighted by molar-refractivity contribution is 0.248. The van der Waals surface area contributed by atoms with Gasteiger partial charge in [-0.25, -0.2) is 4.79 Å². The number of anilines is 1. The Morgan fingerprint density at radius 2 is 1.90 bits per heavy atom. The minimum atomic E-state index is -0.232. The number of urea groups is 1. The van der Waals surface area contributed by atoms with Crippen molar-refractivity contribution in [2.45, 2.75) is 26.3 Å². The van der Waals surface area contributed by atoms with Gasteiger partial charge in [0.2, 0.25) is 0 Å². The van der Waals surface area contributed by atoms with Gasteiger partial charge in [-0.3, -0.25) is 0 Å². The number of amides is 2. The predicted molar refractivity (Wildman–Crippen MR) is 87.8 cm³/mol. The Balaban J connectivity index is 2.01. The maximum Gasteiger partial charge on any atom is 0.319 e. The Morgan fingerprint density at radius 3 is 2.52 bits per heavy atom. The van der Waals surface area contributed by atoms with Gasteiger partial charge in [-0.05, 0) is 37.1 Å². The molecular weight excluding hydrogens is 284 g/mol. The van der Waals surface area contributed by atoms with Crippen LogP contribution in [-0.2, 0) is 0 Å². The van der Waals surface area contributed by atoms with Gasteiger partial charge in [0.1, 0.15) is 0 Å². The molecule has 21 heavy (non-hydrogen) atoms. The predicted octanol–water partition coefficient (Wildman–Crippen LogP) is 4.92. The van der Waals surface area contributed by atoms with Gasteiger partial charge in [-0.1, -0.05) is 54.4 Å². The number of carbonyl (C=O) groups is 1. The van der Waals surface area contributed by atoms with Crippen molar-refractivity contribution in [3.63, 3.8) is 0 Å². The first-order valence-corrected chi connectivity index (χ1v) is 7.36. The highest BCUT2D eigenvalue weighted by molar-refractivity contribution is 6.30. The van der Waals surface area contributed by atoms with Crippen LogP contribution in [0.5, 0.6) is 0 Å². The highest BCUT2D eigenvalue weighted by atomic mass is 35.5. The molecule has 1 atom stereocenters. The molecule has 0 saturated carbocycles. The topological polar surface area (TPSA) is 41.1 Å². The Morgan fingerprint density at radius 1 is 1.19 bits per heavy atom. The normalized spacial score (nSPS) is 11.8. The number of halogens is 1. The largest absolute Gasteiger partial charge is 0.331 e. The van der Waals surface area contributed by atoms with Crippen molar-refractivity contribution >= 4 is 23.3 Å². The third kappa shape index (κ3) is 4.50. The van der Waals surface area contributed by atoms with Crippen molar-refractivity contribution in [3.05, 3.63) is 64.7 Å². The van der Waals surface area contributed by atoms with Crippen LogP contribution in [0.15, 0.2) is 48.5 Å². The molecule has 2 amide bonds. The van der Waals surface area contributed by atoms with Crippen LogP contribution in [-0.4, -0.2) is 6.03 Å². The molecule has 0 heterocycles. The molecular formula is C17H19ClN2O. The Hall–Kier alpha value is -2.00. The van der Waals surface area contributed by atoms with Crippen LogP contribution in [0.3, 0.4) is 0 Å². The first kappa shape index (κ1) is 15.4. The number of hydrogen-bond donors (Lipinski definition) is 2. The van der Waals surface area contributed by atoms with E-state index in [0.29, 0.717) is 10.7 Å². The molecule has 110 valence electrons. The third-order valence-electron chi connectivity index (χ3n) is 3.28. The molecule has 0 bridgehead atoms. The van der Waals surface area contributed by atoms with Gasteiger partial charge in [-0.15, -0.1) is 0 Å². The van der Waals surface area contributed by atoms with E-state index in [1.807, 2.05) is 26.0 Å². The van der Waals surface area contributed by atoms with E-state index in [0.717, 1.165) is 12.0 Å². The van der Waals surface area contributed by atoms with E-state index < -0.39 is 0 Å². The second kappa shape index (κ2) is 7.14. The summed E-state index contributed by atoms with van der Waals surface area (Å²) in [6, 6.07) is 15.0. The first-order chi connectivity index (χ1) is 10.1. The van der Waals surface area contributed by atoms with E-state index >= 15 is 0 Å². The zero-order chi connectivity index (χ0) is 15.2. The number of aryl methyl sites for hydroxylation is 1. The molecule has 0 aliphatic heterocycles. The van der Waals surface area contributed by atoms with Crippen LogP contribution < -0.4 is 10.6 Å². The molecule has 2 rings (SSSR count). The van der Waals surface area contributed by atoms with E-state index in [2.05, 4.69) is 22.8 Å². The Bertz CT molecular complexity index is 610. The van der Waals surface area contributed by atoms with Crippen molar-refractivity contribution in [1.82, 2.24) is 5.32 Å². The SMILES string of the molecule is CC[C@H](NC(=O)Nc1cccc(Cl)c1)c1ccc(C)cc1. The molecule has 4 heteroatoms. The van der Waals surface area contributed by atoms with Crippen LogP contribution in [0.25, 0.3) is 0 Å². The van der Waals surface area contributed by atoms with Crippen LogP contribution in [0.1, 0.15) is 30.5 Å². The lowest BCUT2D eigenvalue weighted by Crippen LogP contribution is -2.32. The average molecular weight is 303 g/mol. The first-order valence-electron chi connectivity index (χ1n) is 6.98. The number of carbonyl (C=O) groups excluding carboxylic acids is 1. The van der Waals surface area contributed by atoms with Crippen molar-refractivity contribution < 1.29 is 4.79 Å².